The zero-order valence-corrected chi connectivity index (χ0v) is 22.1. The molecule has 0 unspecified atom stereocenters. The van der Waals surface area contributed by atoms with Gasteiger partial charge >= 0.3 is 0 Å². The first kappa shape index (κ1) is 27.5. The lowest BCUT2D eigenvalue weighted by Gasteiger charge is -2.32. The molecule has 6 heteroatoms. The average Bonchev–Trinajstić information content (AvgIpc) is 2.88. The summed E-state index contributed by atoms with van der Waals surface area (Å²) in [5.41, 5.74) is 4.14. The van der Waals surface area contributed by atoms with Crippen molar-refractivity contribution in [2.24, 2.45) is 0 Å². The molecule has 0 heterocycles. The van der Waals surface area contributed by atoms with E-state index in [1.54, 1.807) is 28.8 Å². The maximum atomic E-state index is 13.6. The number of amides is 2. The lowest BCUT2D eigenvalue weighted by molar-refractivity contribution is -0.139. The Labute approximate surface area is 218 Å². The molecule has 0 saturated carbocycles. The van der Waals surface area contributed by atoms with E-state index in [0.717, 1.165) is 17.5 Å². The van der Waals surface area contributed by atoms with Crippen molar-refractivity contribution in [3.8, 4) is 0 Å². The van der Waals surface area contributed by atoms with Gasteiger partial charge in [0.25, 0.3) is 0 Å². The maximum Gasteiger partial charge on any atom is 0.243 e. The third-order valence-corrected chi connectivity index (χ3v) is 7.25. The third-order valence-electron chi connectivity index (χ3n) is 6.28. The molecule has 0 aliphatic rings. The summed E-state index contributed by atoms with van der Waals surface area (Å²) >= 11 is 1.54. The van der Waals surface area contributed by atoms with Gasteiger partial charge in [-0.1, -0.05) is 73.7 Å². The van der Waals surface area contributed by atoms with Crippen LogP contribution < -0.4 is 5.32 Å². The van der Waals surface area contributed by atoms with Gasteiger partial charge < -0.3 is 10.2 Å². The number of thioether (sulfide) groups is 1. The normalized spacial score (nSPS) is 12.6. The first-order chi connectivity index (χ1) is 17.4. The van der Waals surface area contributed by atoms with Crippen LogP contribution in [0.15, 0.2) is 78.9 Å². The Morgan fingerprint density at radius 2 is 1.61 bits per heavy atom. The maximum absolute atomic E-state index is 13.6. The molecule has 0 aliphatic heterocycles. The van der Waals surface area contributed by atoms with Crippen LogP contribution in [0.4, 0.5) is 4.39 Å². The number of benzene rings is 3. The van der Waals surface area contributed by atoms with E-state index in [0.29, 0.717) is 12.2 Å². The third kappa shape index (κ3) is 8.23. The molecule has 36 heavy (non-hydrogen) atoms. The molecule has 3 aromatic carbocycles. The van der Waals surface area contributed by atoms with Crippen molar-refractivity contribution in [2.45, 2.75) is 58.0 Å². The van der Waals surface area contributed by atoms with E-state index in [9.17, 15) is 14.0 Å². The molecule has 0 radical (unpaired) electrons. The second-order valence-electron chi connectivity index (χ2n) is 9.09. The molecule has 4 nitrogen and oxygen atoms in total. The summed E-state index contributed by atoms with van der Waals surface area (Å²) in [4.78, 5) is 28.8. The van der Waals surface area contributed by atoms with Crippen molar-refractivity contribution in [3.05, 3.63) is 107 Å². The van der Waals surface area contributed by atoms with Gasteiger partial charge in [-0.2, -0.15) is 0 Å². The van der Waals surface area contributed by atoms with Crippen LogP contribution in [-0.2, 0) is 28.3 Å². The Kier molecular flexibility index (Phi) is 10.6. The number of carbonyl (C=O) groups is 2. The summed E-state index contributed by atoms with van der Waals surface area (Å²) in [5, 5.41) is 3.07. The molecular weight excluding hydrogens is 471 g/mol. The number of nitrogens with zero attached hydrogens (tertiary/aromatic N) is 1. The Hall–Kier alpha value is -3.12. The van der Waals surface area contributed by atoms with Crippen LogP contribution in [0.5, 0.6) is 0 Å². The highest BCUT2D eigenvalue weighted by molar-refractivity contribution is 7.99. The van der Waals surface area contributed by atoms with Crippen LogP contribution in [0.2, 0.25) is 0 Å². The molecule has 0 fully saturated rings. The quantitative estimate of drug-likeness (QED) is 0.332. The van der Waals surface area contributed by atoms with Crippen molar-refractivity contribution >= 4 is 23.6 Å². The molecule has 0 saturated heterocycles. The van der Waals surface area contributed by atoms with E-state index < -0.39 is 6.04 Å². The number of halogens is 1. The predicted molar refractivity (Wildman–Crippen MR) is 146 cm³/mol. The molecule has 3 rings (SSSR count). The molecule has 0 bridgehead atoms. The zero-order chi connectivity index (χ0) is 25.9. The van der Waals surface area contributed by atoms with Gasteiger partial charge in [0.2, 0.25) is 11.8 Å². The average molecular weight is 507 g/mol. The van der Waals surface area contributed by atoms with Crippen molar-refractivity contribution in [1.29, 1.82) is 0 Å². The fourth-order valence-electron chi connectivity index (χ4n) is 3.88. The molecule has 2 amide bonds. The Bertz CT molecular complexity index is 1120. The van der Waals surface area contributed by atoms with Crippen molar-refractivity contribution in [1.82, 2.24) is 10.2 Å². The molecule has 2 atom stereocenters. The Morgan fingerprint density at radius 3 is 2.28 bits per heavy atom. The fraction of sp³-hybridized carbons (Fsp3) is 0.333. The highest BCUT2D eigenvalue weighted by Crippen LogP contribution is 2.20. The number of nitrogens with one attached hydrogen (secondary N) is 1. The van der Waals surface area contributed by atoms with E-state index >= 15 is 0 Å². The smallest absolute Gasteiger partial charge is 0.243 e. The molecule has 0 aliphatic carbocycles. The van der Waals surface area contributed by atoms with Crippen molar-refractivity contribution in [3.63, 3.8) is 0 Å². The first-order valence-electron chi connectivity index (χ1n) is 12.4. The van der Waals surface area contributed by atoms with Crippen LogP contribution in [0, 0.1) is 12.7 Å². The van der Waals surface area contributed by atoms with Gasteiger partial charge in [-0.05, 0) is 54.7 Å². The molecule has 190 valence electrons. The first-order valence-corrected chi connectivity index (χ1v) is 13.5. The molecule has 1 N–H and O–H groups in total. The second-order valence-corrected chi connectivity index (χ2v) is 10.1. The van der Waals surface area contributed by atoms with Crippen LogP contribution in [-0.4, -0.2) is 34.6 Å². The number of aryl methyl sites for hydroxylation is 1. The van der Waals surface area contributed by atoms with Gasteiger partial charge in [-0.3, -0.25) is 9.59 Å². The topological polar surface area (TPSA) is 49.4 Å². The molecular formula is C30H35FN2O2S. The summed E-state index contributed by atoms with van der Waals surface area (Å²) in [6, 6.07) is 23.3. The number of carbonyl (C=O) groups excluding carboxylic acids is 2. The lowest BCUT2D eigenvalue weighted by atomic mass is 10.0. The number of hydrogen-bond acceptors (Lipinski definition) is 3. The minimum absolute atomic E-state index is 0.00558. The van der Waals surface area contributed by atoms with E-state index in [1.807, 2.05) is 56.3 Å². The number of hydrogen-bond donors (Lipinski definition) is 1. The molecule has 0 spiro atoms. The van der Waals surface area contributed by atoms with E-state index in [1.165, 1.54) is 23.3 Å². The van der Waals surface area contributed by atoms with E-state index in [2.05, 4.69) is 24.4 Å². The van der Waals surface area contributed by atoms with Crippen LogP contribution in [0.25, 0.3) is 0 Å². The number of rotatable bonds is 12. The van der Waals surface area contributed by atoms with Gasteiger partial charge in [0.15, 0.2) is 0 Å². The van der Waals surface area contributed by atoms with E-state index in [-0.39, 0.29) is 36.0 Å². The van der Waals surface area contributed by atoms with Crippen molar-refractivity contribution in [2.75, 3.05) is 5.75 Å². The second kappa shape index (κ2) is 13.8. The summed E-state index contributed by atoms with van der Waals surface area (Å²) in [7, 11) is 0. The summed E-state index contributed by atoms with van der Waals surface area (Å²) in [5.74, 6) is 0.342. The Morgan fingerprint density at radius 1 is 0.944 bits per heavy atom. The monoisotopic (exact) mass is 506 g/mol. The largest absolute Gasteiger partial charge is 0.352 e. The highest BCUT2D eigenvalue weighted by Gasteiger charge is 2.30. The van der Waals surface area contributed by atoms with Gasteiger partial charge in [0.05, 0.1) is 5.75 Å². The predicted octanol–water partition coefficient (Wildman–Crippen LogP) is 5.92. The van der Waals surface area contributed by atoms with Crippen LogP contribution >= 0.6 is 11.8 Å². The van der Waals surface area contributed by atoms with Crippen LogP contribution in [0.3, 0.4) is 0 Å². The Balaban J connectivity index is 1.85. The standard InChI is InChI=1S/C30H35FN2O2S/c1-4-23(3)32-30(35)28(18-24-11-6-5-7-12-24)33(19-25-14-16-27(31)17-15-25)29(34)21-36-20-26-13-9-8-10-22(26)2/h5-17,23,28H,4,18-21H2,1-3H3,(H,32,35)/t23-,28+/m1/s1. The van der Waals surface area contributed by atoms with Crippen LogP contribution in [0.1, 0.15) is 42.5 Å². The fourth-order valence-corrected chi connectivity index (χ4v) is 4.87. The lowest BCUT2D eigenvalue weighted by Crippen LogP contribution is -2.52. The van der Waals surface area contributed by atoms with E-state index in [4.69, 9.17) is 0 Å². The van der Waals surface area contributed by atoms with Gasteiger partial charge in [0.1, 0.15) is 11.9 Å². The van der Waals surface area contributed by atoms with Gasteiger partial charge in [0, 0.05) is 24.8 Å². The SMILES string of the molecule is CC[C@@H](C)NC(=O)[C@H](Cc1ccccc1)N(Cc1ccc(F)cc1)C(=O)CSCc1ccccc1C. The highest BCUT2D eigenvalue weighted by atomic mass is 32.2. The van der Waals surface area contributed by atoms with Gasteiger partial charge in [-0.15, -0.1) is 11.8 Å². The molecule has 0 aromatic heterocycles. The van der Waals surface area contributed by atoms with Gasteiger partial charge in [-0.25, -0.2) is 4.39 Å². The zero-order valence-electron chi connectivity index (χ0n) is 21.2. The minimum Gasteiger partial charge on any atom is -0.352 e. The minimum atomic E-state index is -0.682. The summed E-state index contributed by atoms with van der Waals surface area (Å²) in [6.07, 6.45) is 1.19. The summed E-state index contributed by atoms with van der Waals surface area (Å²) < 4.78 is 13.6. The van der Waals surface area contributed by atoms with Crippen molar-refractivity contribution < 1.29 is 14.0 Å². The molecule has 3 aromatic rings. The summed E-state index contributed by atoms with van der Waals surface area (Å²) in [6.45, 7) is 6.27.